The third-order valence-corrected chi connectivity index (χ3v) is 4.05. The molecule has 0 N–H and O–H groups in total. The van der Waals surface area contributed by atoms with Crippen molar-refractivity contribution in [2.75, 3.05) is 7.05 Å². The van der Waals surface area contributed by atoms with Crippen LogP contribution in [0.4, 0.5) is 0 Å². The zero-order chi connectivity index (χ0) is 11.1. The summed E-state index contributed by atoms with van der Waals surface area (Å²) in [5, 5.41) is 0.723. The Labute approximate surface area is 101 Å². The molecule has 1 fully saturated rings. The Bertz CT molecular complexity index is 441. The Kier molecular flexibility index (Phi) is 2.49. The number of halogens is 1. The van der Waals surface area contributed by atoms with Gasteiger partial charge in [0.1, 0.15) is 0 Å². The molecule has 2 bridgehead atoms. The van der Waals surface area contributed by atoms with Crippen molar-refractivity contribution in [3.63, 3.8) is 0 Å². The third-order valence-electron chi connectivity index (χ3n) is 3.85. The molecule has 0 amide bonds. The number of aromatic nitrogens is 1. The van der Waals surface area contributed by atoms with Crippen LogP contribution in [0.3, 0.4) is 0 Å². The van der Waals surface area contributed by atoms with Gasteiger partial charge in [-0.05, 0) is 43.5 Å². The van der Waals surface area contributed by atoms with Gasteiger partial charge in [-0.25, -0.2) is 0 Å². The summed E-state index contributed by atoms with van der Waals surface area (Å²) in [4.78, 5) is 6.67. The fourth-order valence-corrected chi connectivity index (χ4v) is 3.12. The topological polar surface area (TPSA) is 16.1 Å². The highest BCUT2D eigenvalue weighted by Crippen LogP contribution is 2.38. The number of rotatable bonds is 1. The van der Waals surface area contributed by atoms with Crippen LogP contribution in [0.15, 0.2) is 24.5 Å². The first-order chi connectivity index (χ1) is 7.75. The standard InChI is InChI=1S/C13H15ClN2/c1-16-11-2-4-12(13(16)5-3-11)9-6-10(14)8-15-7-9/h4,6-8,11,13H,2-3,5H2,1H3. The molecule has 1 aromatic heterocycles. The first-order valence-electron chi connectivity index (χ1n) is 5.78. The lowest BCUT2D eigenvalue weighted by Gasteiger charge is -2.31. The number of hydrogen-bond acceptors (Lipinski definition) is 2. The summed E-state index contributed by atoms with van der Waals surface area (Å²) in [5.41, 5.74) is 2.59. The molecule has 0 saturated carbocycles. The van der Waals surface area contributed by atoms with Crippen molar-refractivity contribution >= 4 is 17.2 Å². The zero-order valence-electron chi connectivity index (χ0n) is 9.36. The minimum absolute atomic E-state index is 0.569. The van der Waals surface area contributed by atoms with Gasteiger partial charge in [0.25, 0.3) is 0 Å². The summed E-state index contributed by atoms with van der Waals surface area (Å²) in [5.74, 6) is 0. The second-order valence-corrected chi connectivity index (χ2v) is 5.14. The van der Waals surface area contributed by atoms with Crippen molar-refractivity contribution in [3.05, 3.63) is 35.1 Å². The van der Waals surface area contributed by atoms with Gasteiger partial charge in [0.05, 0.1) is 5.02 Å². The molecule has 0 aromatic carbocycles. The molecule has 2 nitrogen and oxygen atoms in total. The summed E-state index contributed by atoms with van der Waals surface area (Å²) < 4.78 is 0. The van der Waals surface area contributed by atoms with E-state index in [1.165, 1.54) is 24.0 Å². The van der Waals surface area contributed by atoms with E-state index < -0.39 is 0 Å². The van der Waals surface area contributed by atoms with Gasteiger partial charge in [-0.1, -0.05) is 17.7 Å². The summed E-state index contributed by atoms with van der Waals surface area (Å²) in [6, 6.07) is 3.34. The predicted octanol–water partition coefficient (Wildman–Crippen LogP) is 2.98. The van der Waals surface area contributed by atoms with Gasteiger partial charge in [0.15, 0.2) is 0 Å². The lowest BCUT2D eigenvalue weighted by molar-refractivity contribution is 0.267. The van der Waals surface area contributed by atoms with Crippen molar-refractivity contribution in [2.45, 2.75) is 31.3 Å². The SMILES string of the molecule is CN1C2CC=C(c3cncc(Cl)c3)C1CC2. The van der Waals surface area contributed by atoms with Gasteiger partial charge in [-0.15, -0.1) is 0 Å². The Morgan fingerprint density at radius 2 is 2.25 bits per heavy atom. The smallest absolute Gasteiger partial charge is 0.0595 e. The summed E-state index contributed by atoms with van der Waals surface area (Å²) in [7, 11) is 2.23. The maximum atomic E-state index is 6.00. The van der Waals surface area contributed by atoms with Crippen molar-refractivity contribution in [1.29, 1.82) is 0 Å². The molecule has 3 rings (SSSR count). The molecule has 1 saturated heterocycles. The van der Waals surface area contributed by atoms with E-state index in [4.69, 9.17) is 11.6 Å². The predicted molar refractivity (Wildman–Crippen MR) is 66.4 cm³/mol. The molecule has 2 aliphatic rings. The molecule has 16 heavy (non-hydrogen) atoms. The lowest BCUT2D eigenvalue weighted by atomic mass is 9.96. The Morgan fingerprint density at radius 3 is 3.06 bits per heavy atom. The minimum Gasteiger partial charge on any atom is -0.296 e. The first-order valence-corrected chi connectivity index (χ1v) is 6.16. The van der Waals surface area contributed by atoms with Crippen LogP contribution in [-0.2, 0) is 0 Å². The molecule has 2 unspecified atom stereocenters. The molecule has 0 spiro atoms. The van der Waals surface area contributed by atoms with Crippen molar-refractivity contribution in [3.8, 4) is 0 Å². The normalized spacial score (nSPS) is 29.2. The van der Waals surface area contributed by atoms with Gasteiger partial charge in [-0.2, -0.15) is 0 Å². The third kappa shape index (κ3) is 1.57. The van der Waals surface area contributed by atoms with Crippen LogP contribution in [0.1, 0.15) is 24.8 Å². The molecular weight excluding hydrogens is 220 g/mol. The molecule has 2 aliphatic heterocycles. The van der Waals surface area contributed by atoms with E-state index >= 15 is 0 Å². The van der Waals surface area contributed by atoms with E-state index in [0.717, 1.165) is 17.5 Å². The van der Waals surface area contributed by atoms with E-state index in [0.29, 0.717) is 6.04 Å². The maximum absolute atomic E-state index is 6.00. The number of nitrogens with zero attached hydrogens (tertiary/aromatic N) is 2. The van der Waals surface area contributed by atoms with Gasteiger partial charge in [0.2, 0.25) is 0 Å². The molecule has 0 aliphatic carbocycles. The zero-order valence-corrected chi connectivity index (χ0v) is 10.1. The highest BCUT2D eigenvalue weighted by molar-refractivity contribution is 6.30. The van der Waals surface area contributed by atoms with Crippen LogP contribution in [0, 0.1) is 0 Å². The molecule has 0 radical (unpaired) electrons. The fourth-order valence-electron chi connectivity index (χ4n) is 2.95. The van der Waals surface area contributed by atoms with E-state index in [1.807, 2.05) is 12.3 Å². The fraction of sp³-hybridized carbons (Fsp3) is 0.462. The molecule has 3 heteroatoms. The van der Waals surface area contributed by atoms with Gasteiger partial charge < -0.3 is 0 Å². The van der Waals surface area contributed by atoms with Crippen molar-refractivity contribution < 1.29 is 0 Å². The Balaban J connectivity index is 1.99. The van der Waals surface area contributed by atoms with Crippen LogP contribution in [0.25, 0.3) is 5.57 Å². The van der Waals surface area contributed by atoms with E-state index in [-0.39, 0.29) is 0 Å². The van der Waals surface area contributed by atoms with Crippen LogP contribution >= 0.6 is 11.6 Å². The number of pyridine rings is 1. The Hall–Kier alpha value is -0.860. The first kappa shape index (κ1) is 10.3. The van der Waals surface area contributed by atoms with E-state index in [2.05, 4.69) is 23.0 Å². The van der Waals surface area contributed by atoms with E-state index in [9.17, 15) is 0 Å². The van der Waals surface area contributed by atoms with Gasteiger partial charge >= 0.3 is 0 Å². The maximum Gasteiger partial charge on any atom is 0.0595 e. The lowest BCUT2D eigenvalue weighted by Crippen LogP contribution is -2.35. The second kappa shape index (κ2) is 3.86. The highest BCUT2D eigenvalue weighted by atomic mass is 35.5. The second-order valence-electron chi connectivity index (χ2n) is 4.70. The van der Waals surface area contributed by atoms with Crippen molar-refractivity contribution in [2.24, 2.45) is 0 Å². The van der Waals surface area contributed by atoms with Crippen molar-refractivity contribution in [1.82, 2.24) is 9.88 Å². The van der Waals surface area contributed by atoms with Crippen LogP contribution in [-0.4, -0.2) is 29.0 Å². The number of hydrogen-bond donors (Lipinski definition) is 0. The van der Waals surface area contributed by atoms with Gasteiger partial charge in [-0.3, -0.25) is 9.88 Å². The van der Waals surface area contributed by atoms with Crippen LogP contribution in [0.2, 0.25) is 5.02 Å². The minimum atomic E-state index is 0.569. The number of likely N-dealkylation sites (N-methyl/N-ethyl adjacent to an activating group) is 1. The molecule has 84 valence electrons. The van der Waals surface area contributed by atoms with Crippen LogP contribution in [0.5, 0.6) is 0 Å². The summed E-state index contributed by atoms with van der Waals surface area (Å²) in [6.07, 6.45) is 9.72. The van der Waals surface area contributed by atoms with E-state index in [1.54, 1.807) is 6.20 Å². The van der Waals surface area contributed by atoms with Gasteiger partial charge in [0, 0.05) is 24.5 Å². The highest BCUT2D eigenvalue weighted by Gasteiger charge is 2.35. The average Bonchev–Trinajstić information content (AvgIpc) is 2.52. The largest absolute Gasteiger partial charge is 0.296 e. The summed E-state index contributed by atoms with van der Waals surface area (Å²) >= 11 is 6.00. The molecule has 3 heterocycles. The monoisotopic (exact) mass is 234 g/mol. The molecular formula is C13H15ClN2. The molecule has 2 atom stereocenters. The summed E-state index contributed by atoms with van der Waals surface area (Å²) in [6.45, 7) is 0. The average molecular weight is 235 g/mol. The number of fused-ring (bicyclic) bond motifs is 2. The van der Waals surface area contributed by atoms with Crippen LogP contribution < -0.4 is 0 Å². The molecule has 1 aromatic rings. The Morgan fingerprint density at radius 1 is 1.38 bits per heavy atom. The quantitative estimate of drug-likeness (QED) is 0.743.